The maximum absolute atomic E-state index is 5.94. The first-order chi connectivity index (χ1) is 14.2. The van der Waals surface area contributed by atoms with Crippen molar-refractivity contribution < 1.29 is 9.47 Å². The van der Waals surface area contributed by atoms with Gasteiger partial charge in [-0.05, 0) is 38.0 Å². The minimum Gasteiger partial charge on any atom is -0.488 e. The van der Waals surface area contributed by atoms with Gasteiger partial charge < -0.3 is 14.4 Å². The molecule has 29 heavy (non-hydrogen) atoms. The maximum atomic E-state index is 5.94. The van der Waals surface area contributed by atoms with E-state index in [-0.39, 0.29) is 6.10 Å². The van der Waals surface area contributed by atoms with Crippen molar-refractivity contribution in [2.75, 3.05) is 44.8 Å². The smallest absolute Gasteiger partial charge is 0.132 e. The van der Waals surface area contributed by atoms with Gasteiger partial charge in [-0.2, -0.15) is 0 Å². The number of nitrogens with zero attached hydrogens (tertiary/aromatic N) is 5. The van der Waals surface area contributed by atoms with Gasteiger partial charge in [0.15, 0.2) is 0 Å². The van der Waals surface area contributed by atoms with Gasteiger partial charge in [-0.25, -0.2) is 15.0 Å². The minimum atomic E-state index is -0.00141. The summed E-state index contributed by atoms with van der Waals surface area (Å²) in [5.41, 5.74) is 3.83. The zero-order chi connectivity index (χ0) is 19.8. The zero-order valence-electron chi connectivity index (χ0n) is 17.0. The summed E-state index contributed by atoms with van der Waals surface area (Å²) in [7, 11) is 1.68. The first kappa shape index (κ1) is 18.5. The lowest BCUT2D eigenvalue weighted by Gasteiger charge is -2.35. The predicted molar refractivity (Wildman–Crippen MR) is 113 cm³/mol. The van der Waals surface area contributed by atoms with Gasteiger partial charge in [0.1, 0.15) is 24.0 Å². The Morgan fingerprint density at radius 3 is 2.69 bits per heavy atom. The number of aliphatic imine (C=N–C) groups is 1. The number of methoxy groups -OCH3 is 1. The first-order valence-electron chi connectivity index (χ1n) is 10.4. The van der Waals surface area contributed by atoms with Crippen molar-refractivity contribution in [2.24, 2.45) is 4.99 Å². The van der Waals surface area contributed by atoms with Crippen LogP contribution >= 0.6 is 0 Å². The van der Waals surface area contributed by atoms with Crippen LogP contribution in [0.3, 0.4) is 0 Å². The molecule has 3 aliphatic rings. The van der Waals surface area contributed by atoms with Crippen molar-refractivity contribution in [3.05, 3.63) is 41.9 Å². The molecule has 1 aliphatic carbocycles. The third kappa shape index (κ3) is 3.84. The Morgan fingerprint density at radius 1 is 1.10 bits per heavy atom. The third-order valence-electron chi connectivity index (χ3n) is 5.79. The molecular weight excluding hydrogens is 366 g/mol. The Morgan fingerprint density at radius 2 is 1.93 bits per heavy atom. The molecule has 0 spiro atoms. The summed E-state index contributed by atoms with van der Waals surface area (Å²) in [6.45, 7) is 6.83. The summed E-state index contributed by atoms with van der Waals surface area (Å²) in [6.07, 6.45) is 4.39. The second kappa shape index (κ2) is 7.72. The number of aromatic nitrogens is 2. The van der Waals surface area contributed by atoms with E-state index in [4.69, 9.17) is 9.47 Å². The van der Waals surface area contributed by atoms with Crippen molar-refractivity contribution in [1.82, 2.24) is 14.9 Å². The van der Waals surface area contributed by atoms with E-state index in [0.717, 1.165) is 66.4 Å². The highest BCUT2D eigenvalue weighted by atomic mass is 16.5. The van der Waals surface area contributed by atoms with Gasteiger partial charge in [-0.15, -0.1) is 0 Å². The highest BCUT2D eigenvalue weighted by molar-refractivity contribution is 6.21. The molecule has 0 amide bonds. The fraction of sp³-hybridized carbons (Fsp3) is 0.500. The molecule has 1 atom stereocenters. The molecule has 1 unspecified atom stereocenters. The third-order valence-corrected chi connectivity index (χ3v) is 5.79. The van der Waals surface area contributed by atoms with Gasteiger partial charge in [0, 0.05) is 51.0 Å². The lowest BCUT2D eigenvalue weighted by atomic mass is 9.98. The Kier molecular flexibility index (Phi) is 4.93. The highest BCUT2D eigenvalue weighted by Gasteiger charge is 2.31. The molecule has 1 saturated carbocycles. The molecule has 0 N–H and O–H groups in total. The summed E-state index contributed by atoms with van der Waals surface area (Å²) in [5, 5.41) is 0. The molecule has 5 rings (SSSR count). The molecule has 0 radical (unpaired) electrons. The molecular formula is C22H27N5O2. The lowest BCUT2D eigenvalue weighted by molar-refractivity contribution is 0.0921. The molecule has 2 aliphatic heterocycles. The number of benzene rings is 1. The van der Waals surface area contributed by atoms with Crippen molar-refractivity contribution >= 4 is 17.2 Å². The van der Waals surface area contributed by atoms with E-state index in [0.29, 0.717) is 6.61 Å². The van der Waals surface area contributed by atoms with Crippen molar-refractivity contribution in [2.45, 2.75) is 31.9 Å². The quantitative estimate of drug-likeness (QED) is 0.615. The van der Waals surface area contributed by atoms with Crippen LogP contribution in [0.5, 0.6) is 5.75 Å². The Bertz CT molecular complexity index is 919. The number of hydrogen-bond acceptors (Lipinski definition) is 7. The first-order valence-corrected chi connectivity index (χ1v) is 10.4. The SMILES string of the molecule is COCC(C)Oc1ccc2c(c1)C(c1cc(N3CCN(C4CC4)CC3)ncn1)=N2. The number of ether oxygens (including phenoxy) is 2. The molecule has 1 aromatic carbocycles. The van der Waals surface area contributed by atoms with Gasteiger partial charge in [0.25, 0.3) is 0 Å². The monoisotopic (exact) mass is 393 g/mol. The summed E-state index contributed by atoms with van der Waals surface area (Å²) in [4.78, 5) is 18.6. The van der Waals surface area contributed by atoms with Crippen LogP contribution in [0.15, 0.2) is 35.6 Å². The molecule has 152 valence electrons. The zero-order valence-corrected chi connectivity index (χ0v) is 17.0. The highest BCUT2D eigenvalue weighted by Crippen LogP contribution is 2.36. The molecule has 3 heterocycles. The van der Waals surface area contributed by atoms with Gasteiger partial charge in [0.05, 0.1) is 23.7 Å². The second-order valence-electron chi connectivity index (χ2n) is 8.04. The topological polar surface area (TPSA) is 63.1 Å². The Balaban J connectivity index is 1.29. The van der Waals surface area contributed by atoms with E-state index >= 15 is 0 Å². The number of hydrogen-bond donors (Lipinski definition) is 0. The summed E-state index contributed by atoms with van der Waals surface area (Å²) in [6, 6.07) is 8.89. The maximum Gasteiger partial charge on any atom is 0.132 e. The van der Waals surface area contributed by atoms with E-state index in [1.165, 1.54) is 12.8 Å². The van der Waals surface area contributed by atoms with Crippen molar-refractivity contribution in [3.63, 3.8) is 0 Å². The summed E-state index contributed by atoms with van der Waals surface area (Å²) in [5.74, 6) is 1.81. The minimum absolute atomic E-state index is 0.00141. The fourth-order valence-corrected chi connectivity index (χ4v) is 4.10. The molecule has 7 nitrogen and oxygen atoms in total. The van der Waals surface area contributed by atoms with Crippen LogP contribution in [0, 0.1) is 0 Å². The van der Waals surface area contributed by atoms with E-state index < -0.39 is 0 Å². The van der Waals surface area contributed by atoms with Crippen LogP contribution in [-0.4, -0.2) is 72.6 Å². The molecule has 2 aromatic rings. The predicted octanol–water partition coefficient (Wildman–Crippen LogP) is 2.66. The summed E-state index contributed by atoms with van der Waals surface area (Å²) < 4.78 is 11.1. The van der Waals surface area contributed by atoms with Gasteiger partial charge in [-0.3, -0.25) is 4.90 Å². The van der Waals surface area contributed by atoms with E-state index in [1.54, 1.807) is 13.4 Å². The van der Waals surface area contributed by atoms with Crippen LogP contribution in [0.4, 0.5) is 11.5 Å². The van der Waals surface area contributed by atoms with Gasteiger partial charge in [-0.1, -0.05) is 0 Å². The normalized spacial score (nSPS) is 19.9. The standard InChI is InChI=1S/C22H27N5O2/c1-15(13-28-2)29-17-5-6-19-18(11-17)22(25-19)20-12-21(24-14-23-20)27-9-7-26(8-10-27)16-3-4-16/h5-6,11-12,14-16H,3-4,7-10,13H2,1-2H3. The average molecular weight is 393 g/mol. The second-order valence-corrected chi connectivity index (χ2v) is 8.04. The van der Waals surface area contributed by atoms with Crippen molar-refractivity contribution in [1.29, 1.82) is 0 Å². The van der Waals surface area contributed by atoms with Gasteiger partial charge >= 0.3 is 0 Å². The van der Waals surface area contributed by atoms with E-state index in [1.807, 2.05) is 25.1 Å². The number of fused-ring (bicyclic) bond motifs is 1. The number of piperazine rings is 1. The van der Waals surface area contributed by atoms with E-state index in [9.17, 15) is 0 Å². The molecule has 0 bridgehead atoms. The van der Waals surface area contributed by atoms with Crippen molar-refractivity contribution in [3.8, 4) is 5.75 Å². The molecule has 1 aromatic heterocycles. The van der Waals surface area contributed by atoms with Crippen LogP contribution in [-0.2, 0) is 4.74 Å². The number of rotatable bonds is 7. The van der Waals surface area contributed by atoms with Crippen LogP contribution < -0.4 is 9.64 Å². The van der Waals surface area contributed by atoms with E-state index in [2.05, 4.69) is 30.8 Å². The fourth-order valence-electron chi connectivity index (χ4n) is 4.10. The molecule has 7 heteroatoms. The largest absolute Gasteiger partial charge is 0.488 e. The Hall–Kier alpha value is -2.51. The lowest BCUT2D eigenvalue weighted by Crippen LogP contribution is -2.47. The van der Waals surface area contributed by atoms with Crippen LogP contribution in [0.25, 0.3) is 0 Å². The Labute approximate surface area is 171 Å². The average Bonchev–Trinajstić information content (AvgIpc) is 3.56. The van der Waals surface area contributed by atoms with Crippen LogP contribution in [0.1, 0.15) is 31.0 Å². The molecule has 2 fully saturated rings. The molecule has 1 saturated heterocycles. The van der Waals surface area contributed by atoms with Gasteiger partial charge in [0.2, 0.25) is 0 Å². The summed E-state index contributed by atoms with van der Waals surface area (Å²) >= 11 is 0. The van der Waals surface area contributed by atoms with Crippen LogP contribution in [0.2, 0.25) is 0 Å². The number of anilines is 1.